The summed E-state index contributed by atoms with van der Waals surface area (Å²) in [6.07, 6.45) is 0. The van der Waals surface area contributed by atoms with Crippen molar-refractivity contribution >= 4 is 17.3 Å². The molecular formula is C17H17F3N2O. The first-order valence-electron chi connectivity index (χ1n) is 7.07. The van der Waals surface area contributed by atoms with Crippen LogP contribution in [0.3, 0.4) is 0 Å². The van der Waals surface area contributed by atoms with E-state index >= 15 is 0 Å². The maximum atomic E-state index is 13.6. The normalized spacial score (nSPS) is 11.9. The van der Waals surface area contributed by atoms with Crippen molar-refractivity contribution in [2.24, 2.45) is 0 Å². The van der Waals surface area contributed by atoms with Gasteiger partial charge in [0.2, 0.25) is 5.91 Å². The standard InChI is InChI=1S/C17H17F3N2O/c1-9-4-5-10(2)14(8-9)21-11(3)17(23)22-13-7-6-12(18)15(19)16(13)20/h4-8,11,21H,1-3H3,(H,22,23)/t11-/m0/s1. The van der Waals surface area contributed by atoms with Crippen molar-refractivity contribution in [1.82, 2.24) is 0 Å². The van der Waals surface area contributed by atoms with Gasteiger partial charge in [-0.3, -0.25) is 4.79 Å². The van der Waals surface area contributed by atoms with Crippen LogP contribution in [0, 0.1) is 31.3 Å². The lowest BCUT2D eigenvalue weighted by atomic mass is 10.1. The second-order valence-corrected chi connectivity index (χ2v) is 5.40. The van der Waals surface area contributed by atoms with Gasteiger partial charge in [0.15, 0.2) is 17.5 Å². The van der Waals surface area contributed by atoms with E-state index in [0.717, 1.165) is 28.9 Å². The van der Waals surface area contributed by atoms with Gasteiger partial charge in [-0.2, -0.15) is 0 Å². The van der Waals surface area contributed by atoms with Crippen molar-refractivity contribution in [3.05, 3.63) is 58.9 Å². The number of anilines is 2. The molecule has 0 aliphatic carbocycles. The van der Waals surface area contributed by atoms with Crippen molar-refractivity contribution in [2.75, 3.05) is 10.6 Å². The topological polar surface area (TPSA) is 41.1 Å². The molecule has 2 N–H and O–H groups in total. The third kappa shape index (κ3) is 3.83. The smallest absolute Gasteiger partial charge is 0.246 e. The zero-order chi connectivity index (χ0) is 17.1. The number of benzene rings is 2. The molecule has 0 aliphatic heterocycles. The second-order valence-electron chi connectivity index (χ2n) is 5.40. The third-order valence-electron chi connectivity index (χ3n) is 3.45. The summed E-state index contributed by atoms with van der Waals surface area (Å²) in [6, 6.07) is 6.80. The monoisotopic (exact) mass is 322 g/mol. The molecule has 6 heteroatoms. The number of rotatable bonds is 4. The number of hydrogen-bond donors (Lipinski definition) is 2. The first kappa shape index (κ1) is 16.9. The van der Waals surface area contributed by atoms with Crippen molar-refractivity contribution in [3.63, 3.8) is 0 Å². The van der Waals surface area contributed by atoms with E-state index in [0.29, 0.717) is 0 Å². The molecule has 0 radical (unpaired) electrons. The Morgan fingerprint density at radius 2 is 1.70 bits per heavy atom. The highest BCUT2D eigenvalue weighted by atomic mass is 19.2. The molecule has 0 saturated carbocycles. The zero-order valence-electron chi connectivity index (χ0n) is 13.0. The van der Waals surface area contributed by atoms with Gasteiger partial charge in [0.25, 0.3) is 0 Å². The zero-order valence-corrected chi connectivity index (χ0v) is 13.0. The van der Waals surface area contributed by atoms with Gasteiger partial charge in [0.1, 0.15) is 6.04 Å². The molecule has 3 nitrogen and oxygen atoms in total. The van der Waals surface area contributed by atoms with Gasteiger partial charge in [-0.1, -0.05) is 12.1 Å². The SMILES string of the molecule is Cc1ccc(C)c(N[C@@H](C)C(=O)Nc2ccc(F)c(F)c2F)c1. The minimum Gasteiger partial charge on any atom is -0.374 e. The Bertz CT molecular complexity index is 747. The molecule has 1 atom stereocenters. The van der Waals surface area contributed by atoms with Crippen LogP contribution in [0.15, 0.2) is 30.3 Å². The van der Waals surface area contributed by atoms with E-state index in [9.17, 15) is 18.0 Å². The van der Waals surface area contributed by atoms with E-state index in [4.69, 9.17) is 0 Å². The second kappa shape index (κ2) is 6.73. The van der Waals surface area contributed by atoms with Crippen LogP contribution in [0.4, 0.5) is 24.5 Å². The molecule has 0 aromatic heterocycles. The third-order valence-corrected chi connectivity index (χ3v) is 3.45. The van der Waals surface area contributed by atoms with E-state index < -0.39 is 35.1 Å². The summed E-state index contributed by atoms with van der Waals surface area (Å²) in [7, 11) is 0. The minimum atomic E-state index is -1.61. The van der Waals surface area contributed by atoms with Crippen LogP contribution in [0.2, 0.25) is 0 Å². The molecule has 2 rings (SSSR count). The van der Waals surface area contributed by atoms with Gasteiger partial charge in [-0.25, -0.2) is 13.2 Å². The summed E-state index contributed by atoms with van der Waals surface area (Å²) in [4.78, 5) is 12.1. The number of aryl methyl sites for hydroxylation is 2. The molecule has 0 fully saturated rings. The summed E-state index contributed by atoms with van der Waals surface area (Å²) in [5, 5.41) is 5.26. The number of carbonyl (C=O) groups excluding carboxylic acids is 1. The fraction of sp³-hybridized carbons (Fsp3) is 0.235. The molecular weight excluding hydrogens is 305 g/mol. The van der Waals surface area contributed by atoms with E-state index in [2.05, 4.69) is 10.6 Å². The molecule has 1 amide bonds. The summed E-state index contributed by atoms with van der Waals surface area (Å²) in [5.74, 6) is -4.90. The van der Waals surface area contributed by atoms with Crippen LogP contribution < -0.4 is 10.6 Å². The van der Waals surface area contributed by atoms with Crippen LogP contribution >= 0.6 is 0 Å². The summed E-state index contributed by atoms with van der Waals surface area (Å²) < 4.78 is 39.6. The highest BCUT2D eigenvalue weighted by Crippen LogP contribution is 2.21. The molecule has 0 saturated heterocycles. The maximum Gasteiger partial charge on any atom is 0.246 e. The molecule has 23 heavy (non-hydrogen) atoms. The van der Waals surface area contributed by atoms with Gasteiger partial charge < -0.3 is 10.6 Å². The molecule has 0 unspecified atom stereocenters. The predicted molar refractivity (Wildman–Crippen MR) is 83.9 cm³/mol. The highest BCUT2D eigenvalue weighted by molar-refractivity contribution is 5.96. The largest absolute Gasteiger partial charge is 0.374 e. The first-order chi connectivity index (χ1) is 10.8. The molecule has 2 aromatic rings. The lowest BCUT2D eigenvalue weighted by Gasteiger charge is -2.17. The number of amides is 1. The number of nitrogens with one attached hydrogen (secondary N) is 2. The van der Waals surface area contributed by atoms with Crippen LogP contribution in [0.5, 0.6) is 0 Å². The van der Waals surface area contributed by atoms with Crippen LogP contribution in [-0.4, -0.2) is 11.9 Å². The van der Waals surface area contributed by atoms with Gasteiger partial charge in [-0.15, -0.1) is 0 Å². The van der Waals surface area contributed by atoms with E-state index in [1.165, 1.54) is 0 Å². The average Bonchev–Trinajstić information content (AvgIpc) is 2.51. The fourth-order valence-electron chi connectivity index (χ4n) is 2.05. The predicted octanol–water partition coefficient (Wildman–Crippen LogP) is 4.16. The van der Waals surface area contributed by atoms with Crippen molar-refractivity contribution in [3.8, 4) is 0 Å². The summed E-state index contributed by atoms with van der Waals surface area (Å²) >= 11 is 0. The quantitative estimate of drug-likeness (QED) is 0.830. The number of carbonyl (C=O) groups is 1. The molecule has 0 bridgehead atoms. The lowest BCUT2D eigenvalue weighted by molar-refractivity contribution is -0.116. The molecule has 122 valence electrons. The van der Waals surface area contributed by atoms with Crippen molar-refractivity contribution in [2.45, 2.75) is 26.8 Å². The number of halogens is 3. The van der Waals surface area contributed by atoms with Crippen LogP contribution in [0.25, 0.3) is 0 Å². The molecule has 2 aromatic carbocycles. The van der Waals surface area contributed by atoms with E-state index in [1.807, 2.05) is 32.0 Å². The Morgan fingerprint density at radius 3 is 2.39 bits per heavy atom. The molecule has 0 spiro atoms. The Kier molecular flexibility index (Phi) is 4.93. The van der Waals surface area contributed by atoms with Gasteiger partial charge >= 0.3 is 0 Å². The highest BCUT2D eigenvalue weighted by Gasteiger charge is 2.18. The fourth-order valence-corrected chi connectivity index (χ4v) is 2.05. The maximum absolute atomic E-state index is 13.6. The van der Waals surface area contributed by atoms with Gasteiger partial charge in [-0.05, 0) is 50.1 Å². The van der Waals surface area contributed by atoms with E-state index in [1.54, 1.807) is 6.92 Å². The Balaban J connectivity index is 2.12. The van der Waals surface area contributed by atoms with Crippen LogP contribution in [-0.2, 0) is 4.79 Å². The van der Waals surface area contributed by atoms with Crippen molar-refractivity contribution < 1.29 is 18.0 Å². The Morgan fingerprint density at radius 1 is 1.00 bits per heavy atom. The van der Waals surface area contributed by atoms with Crippen molar-refractivity contribution in [1.29, 1.82) is 0 Å². The van der Waals surface area contributed by atoms with Gasteiger partial charge in [0.05, 0.1) is 5.69 Å². The number of hydrogen-bond acceptors (Lipinski definition) is 2. The van der Waals surface area contributed by atoms with Crippen LogP contribution in [0.1, 0.15) is 18.1 Å². The summed E-state index contributed by atoms with van der Waals surface area (Å²) in [5.41, 5.74) is 2.36. The lowest BCUT2D eigenvalue weighted by Crippen LogP contribution is -2.32. The van der Waals surface area contributed by atoms with Gasteiger partial charge in [0, 0.05) is 5.69 Å². The summed E-state index contributed by atoms with van der Waals surface area (Å²) in [6.45, 7) is 5.41. The Labute approximate surface area is 132 Å². The average molecular weight is 322 g/mol. The van der Waals surface area contributed by atoms with E-state index in [-0.39, 0.29) is 0 Å². The Hall–Kier alpha value is -2.50. The minimum absolute atomic E-state index is 0.400. The molecule has 0 heterocycles. The molecule has 0 aliphatic rings. The first-order valence-corrected chi connectivity index (χ1v) is 7.07.